The molecule has 1 aliphatic rings. The molecule has 3 rings (SSSR count). The molecular weight excluding hydrogens is 304 g/mol. The molecule has 0 spiro atoms. The van der Waals surface area contributed by atoms with Crippen LogP contribution < -0.4 is 9.47 Å². The predicted octanol–water partition coefficient (Wildman–Crippen LogP) is 4.17. The molecule has 1 heterocycles. The summed E-state index contributed by atoms with van der Waals surface area (Å²) < 4.78 is 10.9. The Morgan fingerprint density at radius 2 is 1.83 bits per heavy atom. The van der Waals surface area contributed by atoms with Gasteiger partial charge in [0, 0.05) is 6.07 Å². The maximum atomic E-state index is 12.4. The van der Waals surface area contributed by atoms with Crippen molar-refractivity contribution in [2.24, 2.45) is 5.92 Å². The Morgan fingerprint density at radius 1 is 1.12 bits per heavy atom. The van der Waals surface area contributed by atoms with E-state index in [4.69, 9.17) is 9.47 Å². The van der Waals surface area contributed by atoms with Crippen LogP contribution in [0.2, 0.25) is 0 Å². The summed E-state index contributed by atoms with van der Waals surface area (Å²) in [4.78, 5) is 24.1. The van der Waals surface area contributed by atoms with Crippen LogP contribution in [0.4, 0.5) is 0 Å². The first kappa shape index (κ1) is 16.0. The normalized spacial score (nSPS) is 14.7. The van der Waals surface area contributed by atoms with Crippen LogP contribution in [0, 0.1) is 12.8 Å². The molecule has 0 saturated heterocycles. The maximum absolute atomic E-state index is 12.4. The molecular formula is C20H18O4. The molecule has 0 atom stereocenters. The lowest BCUT2D eigenvalue weighted by molar-refractivity contribution is -0.137. The van der Waals surface area contributed by atoms with Crippen LogP contribution >= 0.6 is 0 Å². The monoisotopic (exact) mass is 322 g/mol. The highest BCUT2D eigenvalue weighted by molar-refractivity contribution is 6.14. The smallest absolute Gasteiger partial charge is 0.313 e. The van der Waals surface area contributed by atoms with E-state index in [2.05, 4.69) is 0 Å². The van der Waals surface area contributed by atoms with Crippen LogP contribution in [-0.2, 0) is 4.79 Å². The number of rotatable bonds is 3. The summed E-state index contributed by atoms with van der Waals surface area (Å²) in [5.74, 6) is 0.324. The number of ether oxygens (including phenoxy) is 2. The Morgan fingerprint density at radius 3 is 2.50 bits per heavy atom. The van der Waals surface area contributed by atoms with Gasteiger partial charge in [-0.3, -0.25) is 9.59 Å². The third-order valence-electron chi connectivity index (χ3n) is 3.71. The summed E-state index contributed by atoms with van der Waals surface area (Å²) in [6.07, 6.45) is 1.71. The van der Waals surface area contributed by atoms with Crippen LogP contribution in [0.5, 0.6) is 11.5 Å². The second-order valence-corrected chi connectivity index (χ2v) is 6.08. The van der Waals surface area contributed by atoms with Crippen molar-refractivity contribution in [1.82, 2.24) is 0 Å². The quantitative estimate of drug-likeness (QED) is 0.483. The zero-order valence-corrected chi connectivity index (χ0v) is 13.8. The second-order valence-electron chi connectivity index (χ2n) is 6.08. The van der Waals surface area contributed by atoms with Gasteiger partial charge in [-0.25, -0.2) is 0 Å². The minimum atomic E-state index is -0.324. The first-order chi connectivity index (χ1) is 11.4. The summed E-state index contributed by atoms with van der Waals surface area (Å²) in [5, 5.41) is 0. The highest BCUT2D eigenvalue weighted by Gasteiger charge is 2.28. The summed E-state index contributed by atoms with van der Waals surface area (Å²) in [6.45, 7) is 5.53. The molecule has 24 heavy (non-hydrogen) atoms. The van der Waals surface area contributed by atoms with Gasteiger partial charge in [-0.1, -0.05) is 43.7 Å². The first-order valence-corrected chi connectivity index (χ1v) is 7.80. The first-order valence-electron chi connectivity index (χ1n) is 7.80. The van der Waals surface area contributed by atoms with E-state index < -0.39 is 0 Å². The number of aryl methyl sites for hydroxylation is 1. The number of fused-ring (bicyclic) bond motifs is 1. The number of benzene rings is 2. The number of carbonyl (C=O) groups excluding carboxylic acids is 2. The molecule has 1 aliphatic heterocycles. The van der Waals surface area contributed by atoms with Crippen LogP contribution in [0.25, 0.3) is 6.08 Å². The van der Waals surface area contributed by atoms with Gasteiger partial charge in [-0.2, -0.15) is 0 Å². The SMILES string of the molecule is Cc1ccc(C=C2Oc3cc(OC(=O)C(C)C)ccc3C2=O)cc1. The molecule has 0 aliphatic carbocycles. The largest absolute Gasteiger partial charge is 0.452 e. The number of ketones is 1. The van der Waals surface area contributed by atoms with E-state index in [0.29, 0.717) is 17.1 Å². The molecule has 122 valence electrons. The lowest BCUT2D eigenvalue weighted by atomic mass is 10.1. The maximum Gasteiger partial charge on any atom is 0.313 e. The summed E-state index contributed by atoms with van der Waals surface area (Å²) in [5.41, 5.74) is 2.51. The lowest BCUT2D eigenvalue weighted by Crippen LogP contribution is -2.14. The van der Waals surface area contributed by atoms with E-state index in [0.717, 1.165) is 11.1 Å². The second kappa shape index (κ2) is 6.32. The highest BCUT2D eigenvalue weighted by atomic mass is 16.5. The van der Waals surface area contributed by atoms with Crippen LogP contribution in [-0.4, -0.2) is 11.8 Å². The van der Waals surface area contributed by atoms with Crippen molar-refractivity contribution in [3.8, 4) is 11.5 Å². The fourth-order valence-corrected chi connectivity index (χ4v) is 2.28. The summed E-state index contributed by atoms with van der Waals surface area (Å²) in [7, 11) is 0. The van der Waals surface area contributed by atoms with Crippen molar-refractivity contribution in [3.05, 3.63) is 64.9 Å². The van der Waals surface area contributed by atoms with Crippen LogP contribution in [0.15, 0.2) is 48.2 Å². The topological polar surface area (TPSA) is 52.6 Å². The Bertz CT molecular complexity index is 829. The van der Waals surface area contributed by atoms with Crippen molar-refractivity contribution >= 4 is 17.8 Å². The molecule has 0 aromatic heterocycles. The van der Waals surface area contributed by atoms with E-state index in [1.807, 2.05) is 31.2 Å². The van der Waals surface area contributed by atoms with Crippen molar-refractivity contribution in [1.29, 1.82) is 0 Å². The highest BCUT2D eigenvalue weighted by Crippen LogP contribution is 2.35. The zero-order chi connectivity index (χ0) is 17.3. The number of hydrogen-bond acceptors (Lipinski definition) is 4. The van der Waals surface area contributed by atoms with Crippen LogP contribution in [0.1, 0.15) is 35.3 Å². The van der Waals surface area contributed by atoms with Gasteiger partial charge >= 0.3 is 5.97 Å². The molecule has 4 heteroatoms. The molecule has 0 amide bonds. The van der Waals surface area contributed by atoms with E-state index in [1.165, 1.54) is 0 Å². The van der Waals surface area contributed by atoms with Crippen molar-refractivity contribution in [3.63, 3.8) is 0 Å². The molecule has 2 aromatic rings. The molecule has 0 N–H and O–H groups in total. The van der Waals surface area contributed by atoms with Gasteiger partial charge in [-0.15, -0.1) is 0 Å². The fourth-order valence-electron chi connectivity index (χ4n) is 2.28. The number of carbonyl (C=O) groups is 2. The molecule has 0 bridgehead atoms. The number of allylic oxidation sites excluding steroid dienone is 1. The Hall–Kier alpha value is -2.88. The standard InChI is InChI=1S/C20H18O4/c1-12(2)20(22)23-15-8-9-16-17(11-15)24-18(19(16)21)10-14-6-4-13(3)5-7-14/h4-12H,1-3H3. The van der Waals surface area contributed by atoms with E-state index in [-0.39, 0.29) is 23.4 Å². The zero-order valence-electron chi connectivity index (χ0n) is 13.8. The number of hydrogen-bond donors (Lipinski definition) is 0. The van der Waals surface area contributed by atoms with E-state index in [9.17, 15) is 9.59 Å². The number of Topliss-reactive ketones (excluding diaryl/α,β-unsaturated/α-hetero) is 1. The summed E-state index contributed by atoms with van der Waals surface area (Å²) in [6, 6.07) is 12.6. The Labute approximate surface area is 140 Å². The van der Waals surface area contributed by atoms with Gasteiger partial charge in [0.25, 0.3) is 0 Å². The van der Waals surface area contributed by atoms with Crippen molar-refractivity contribution in [2.75, 3.05) is 0 Å². The molecule has 0 saturated carbocycles. The molecule has 4 nitrogen and oxygen atoms in total. The average Bonchev–Trinajstić information content (AvgIpc) is 2.85. The van der Waals surface area contributed by atoms with Gasteiger partial charge in [0.1, 0.15) is 11.5 Å². The minimum absolute atomic E-state index is 0.174. The minimum Gasteiger partial charge on any atom is -0.452 e. The van der Waals surface area contributed by atoms with Gasteiger partial charge in [0.05, 0.1) is 11.5 Å². The molecule has 0 fully saturated rings. The van der Waals surface area contributed by atoms with Crippen molar-refractivity contribution in [2.45, 2.75) is 20.8 Å². The molecule has 0 radical (unpaired) electrons. The van der Waals surface area contributed by atoms with E-state index >= 15 is 0 Å². The van der Waals surface area contributed by atoms with Gasteiger partial charge in [0.15, 0.2) is 5.76 Å². The van der Waals surface area contributed by atoms with Crippen molar-refractivity contribution < 1.29 is 19.1 Å². The fraction of sp³-hybridized carbons (Fsp3) is 0.200. The summed E-state index contributed by atoms with van der Waals surface area (Å²) >= 11 is 0. The predicted molar refractivity (Wildman–Crippen MR) is 91.0 cm³/mol. The third-order valence-corrected chi connectivity index (χ3v) is 3.71. The Kier molecular flexibility index (Phi) is 4.21. The van der Waals surface area contributed by atoms with Gasteiger partial charge in [0.2, 0.25) is 5.78 Å². The molecule has 2 aromatic carbocycles. The molecule has 0 unspecified atom stereocenters. The van der Waals surface area contributed by atoms with E-state index in [1.54, 1.807) is 38.1 Å². The lowest BCUT2D eigenvalue weighted by Gasteiger charge is -2.07. The Balaban J connectivity index is 1.84. The van der Waals surface area contributed by atoms with Gasteiger partial charge in [-0.05, 0) is 30.7 Å². The van der Waals surface area contributed by atoms with Crippen LogP contribution in [0.3, 0.4) is 0 Å². The number of esters is 1. The average molecular weight is 322 g/mol. The third kappa shape index (κ3) is 3.23. The van der Waals surface area contributed by atoms with Gasteiger partial charge < -0.3 is 9.47 Å².